The van der Waals surface area contributed by atoms with E-state index in [2.05, 4.69) is 5.43 Å². The summed E-state index contributed by atoms with van der Waals surface area (Å²) in [5.41, 5.74) is 2.22. The van der Waals surface area contributed by atoms with Gasteiger partial charge in [-0.25, -0.2) is 13.2 Å². The van der Waals surface area contributed by atoms with E-state index in [1.807, 2.05) is 4.83 Å². The van der Waals surface area contributed by atoms with Gasteiger partial charge < -0.3 is 4.42 Å². The molecule has 1 heterocycles. The molecular weight excluding hydrogens is 332 g/mol. The highest BCUT2D eigenvalue weighted by Crippen LogP contribution is 2.17. The van der Waals surface area contributed by atoms with E-state index in [1.54, 1.807) is 30.3 Å². The van der Waals surface area contributed by atoms with Gasteiger partial charge in [0.25, 0.3) is 15.9 Å². The predicted octanol–water partition coefficient (Wildman–Crippen LogP) is 1.42. The summed E-state index contributed by atoms with van der Waals surface area (Å²) in [6, 6.07) is 14.9. The molecular formula is C16H12N2O5S. The number of amides is 1. The van der Waals surface area contributed by atoms with Gasteiger partial charge in [-0.15, -0.1) is 4.83 Å². The maximum Gasteiger partial charge on any atom is 0.336 e. The Morgan fingerprint density at radius 3 is 2.46 bits per heavy atom. The highest BCUT2D eigenvalue weighted by Gasteiger charge is 2.16. The third kappa shape index (κ3) is 3.34. The molecule has 1 amide bonds. The summed E-state index contributed by atoms with van der Waals surface area (Å²) in [6.45, 7) is 0. The Labute approximate surface area is 136 Å². The fourth-order valence-electron chi connectivity index (χ4n) is 2.05. The molecule has 0 aliphatic heterocycles. The van der Waals surface area contributed by atoms with Crippen molar-refractivity contribution in [3.05, 3.63) is 76.6 Å². The lowest BCUT2D eigenvalue weighted by Crippen LogP contribution is -2.41. The van der Waals surface area contributed by atoms with Crippen LogP contribution in [-0.4, -0.2) is 14.3 Å². The van der Waals surface area contributed by atoms with Crippen molar-refractivity contribution >= 4 is 26.9 Å². The Morgan fingerprint density at radius 2 is 1.71 bits per heavy atom. The first-order chi connectivity index (χ1) is 11.5. The van der Waals surface area contributed by atoms with Gasteiger partial charge in [-0.3, -0.25) is 10.2 Å². The fraction of sp³-hybridized carbons (Fsp3) is 0. The van der Waals surface area contributed by atoms with Gasteiger partial charge in [0.1, 0.15) is 5.58 Å². The fourth-order valence-corrected chi connectivity index (χ4v) is 2.93. The molecule has 2 N–H and O–H groups in total. The van der Waals surface area contributed by atoms with E-state index in [9.17, 15) is 18.0 Å². The summed E-state index contributed by atoms with van der Waals surface area (Å²) in [7, 11) is -3.97. The number of carbonyl (C=O) groups is 1. The van der Waals surface area contributed by atoms with Gasteiger partial charge in [-0.05, 0) is 36.4 Å². The van der Waals surface area contributed by atoms with Gasteiger partial charge in [-0.2, -0.15) is 0 Å². The maximum atomic E-state index is 12.3. The molecule has 0 bridgehead atoms. The molecule has 0 atom stereocenters. The Bertz CT molecular complexity index is 1060. The minimum absolute atomic E-state index is 0.0720. The average Bonchev–Trinajstić information content (AvgIpc) is 2.60. The smallest absolute Gasteiger partial charge is 0.336 e. The van der Waals surface area contributed by atoms with E-state index < -0.39 is 21.6 Å². The summed E-state index contributed by atoms with van der Waals surface area (Å²) in [5, 5.41) is 0.451. The van der Waals surface area contributed by atoms with Crippen LogP contribution in [0.15, 0.2) is 74.8 Å². The van der Waals surface area contributed by atoms with Crippen LogP contribution in [0.3, 0.4) is 0 Å². The summed E-state index contributed by atoms with van der Waals surface area (Å²) in [4.78, 5) is 25.0. The van der Waals surface area contributed by atoms with Crippen molar-refractivity contribution in [1.82, 2.24) is 10.3 Å². The molecule has 24 heavy (non-hydrogen) atoms. The number of rotatable bonds is 4. The van der Waals surface area contributed by atoms with Gasteiger partial charge >= 0.3 is 5.63 Å². The quantitative estimate of drug-likeness (QED) is 0.550. The first kappa shape index (κ1) is 15.9. The second-order valence-electron chi connectivity index (χ2n) is 4.88. The van der Waals surface area contributed by atoms with Gasteiger partial charge in [0.15, 0.2) is 0 Å². The number of carbonyl (C=O) groups excluding carboxylic acids is 1. The first-order valence-corrected chi connectivity index (χ1v) is 8.35. The lowest BCUT2D eigenvalue weighted by molar-refractivity contribution is 0.0945. The molecule has 0 spiro atoms. The standard InChI is InChI=1S/C16H12N2O5S/c19-15-9-6-12-10-13(7-8-14(12)23-15)24(21,22)18-17-16(20)11-4-2-1-3-5-11/h1-10,18H,(H,17,20). The topological polar surface area (TPSA) is 105 Å². The molecule has 0 saturated carbocycles. The molecule has 0 radical (unpaired) electrons. The SMILES string of the molecule is O=C(NNS(=O)(=O)c1ccc2oc(=O)ccc2c1)c1ccccc1. The lowest BCUT2D eigenvalue weighted by Gasteiger charge is -2.09. The molecule has 3 rings (SSSR count). The van der Waals surface area contributed by atoms with Crippen LogP contribution in [0.25, 0.3) is 11.0 Å². The monoisotopic (exact) mass is 344 g/mol. The number of hydrazine groups is 1. The van der Waals surface area contributed by atoms with Crippen LogP contribution < -0.4 is 15.9 Å². The van der Waals surface area contributed by atoms with Crippen LogP contribution in [-0.2, 0) is 10.0 Å². The van der Waals surface area contributed by atoms with E-state index in [4.69, 9.17) is 4.42 Å². The highest BCUT2D eigenvalue weighted by atomic mass is 32.2. The van der Waals surface area contributed by atoms with Gasteiger partial charge in [0, 0.05) is 17.0 Å². The lowest BCUT2D eigenvalue weighted by atomic mass is 10.2. The van der Waals surface area contributed by atoms with E-state index in [1.165, 1.54) is 30.3 Å². The summed E-state index contributed by atoms with van der Waals surface area (Å²) in [5.74, 6) is -0.578. The number of hydrogen-bond donors (Lipinski definition) is 2. The predicted molar refractivity (Wildman–Crippen MR) is 86.7 cm³/mol. The Hall–Kier alpha value is -2.97. The van der Waals surface area contributed by atoms with Crippen molar-refractivity contribution in [3.63, 3.8) is 0 Å². The molecule has 0 aliphatic rings. The second-order valence-corrected chi connectivity index (χ2v) is 6.56. The molecule has 0 fully saturated rings. The molecule has 2 aromatic carbocycles. The van der Waals surface area contributed by atoms with Crippen molar-refractivity contribution < 1.29 is 17.6 Å². The normalized spacial score (nSPS) is 11.3. The van der Waals surface area contributed by atoms with Crippen molar-refractivity contribution in [3.8, 4) is 0 Å². The number of benzene rings is 2. The average molecular weight is 344 g/mol. The van der Waals surface area contributed by atoms with Crippen LogP contribution in [0, 0.1) is 0 Å². The Morgan fingerprint density at radius 1 is 0.958 bits per heavy atom. The second kappa shape index (κ2) is 6.26. The Kier molecular flexibility index (Phi) is 4.15. The van der Waals surface area contributed by atoms with Crippen molar-refractivity contribution in [1.29, 1.82) is 0 Å². The van der Waals surface area contributed by atoms with Crippen molar-refractivity contribution in [2.75, 3.05) is 0 Å². The van der Waals surface area contributed by atoms with Crippen LogP contribution in [0.5, 0.6) is 0 Å². The third-order valence-corrected chi connectivity index (χ3v) is 4.48. The zero-order chi connectivity index (χ0) is 17.2. The summed E-state index contributed by atoms with van der Waals surface area (Å²) in [6.07, 6.45) is 0. The largest absolute Gasteiger partial charge is 0.423 e. The molecule has 0 saturated heterocycles. The highest BCUT2D eigenvalue weighted by molar-refractivity contribution is 7.89. The van der Waals surface area contributed by atoms with E-state index in [-0.39, 0.29) is 10.5 Å². The molecule has 7 nitrogen and oxygen atoms in total. The van der Waals surface area contributed by atoms with Crippen molar-refractivity contribution in [2.45, 2.75) is 4.90 Å². The van der Waals surface area contributed by atoms with E-state index in [0.29, 0.717) is 10.9 Å². The molecule has 1 aromatic heterocycles. The van der Waals surface area contributed by atoms with Crippen LogP contribution >= 0.6 is 0 Å². The number of hydrogen-bond acceptors (Lipinski definition) is 5. The van der Waals surface area contributed by atoms with E-state index in [0.717, 1.165) is 0 Å². The molecule has 0 unspecified atom stereocenters. The Balaban J connectivity index is 1.81. The molecule has 122 valence electrons. The zero-order valence-electron chi connectivity index (χ0n) is 12.2. The number of sulfonamides is 1. The zero-order valence-corrected chi connectivity index (χ0v) is 13.0. The third-order valence-electron chi connectivity index (χ3n) is 3.24. The summed E-state index contributed by atoms with van der Waals surface area (Å²) < 4.78 is 29.5. The first-order valence-electron chi connectivity index (χ1n) is 6.87. The number of fused-ring (bicyclic) bond motifs is 1. The van der Waals surface area contributed by atoms with Gasteiger partial charge in [0.2, 0.25) is 0 Å². The summed E-state index contributed by atoms with van der Waals surface area (Å²) >= 11 is 0. The van der Waals surface area contributed by atoms with Crippen LogP contribution in [0.2, 0.25) is 0 Å². The molecule has 0 aliphatic carbocycles. The maximum absolute atomic E-state index is 12.3. The van der Waals surface area contributed by atoms with Crippen LogP contribution in [0.4, 0.5) is 0 Å². The number of nitrogens with one attached hydrogen (secondary N) is 2. The van der Waals surface area contributed by atoms with Gasteiger partial charge in [-0.1, -0.05) is 18.2 Å². The van der Waals surface area contributed by atoms with E-state index >= 15 is 0 Å². The van der Waals surface area contributed by atoms with Crippen molar-refractivity contribution in [2.24, 2.45) is 0 Å². The minimum Gasteiger partial charge on any atom is -0.423 e. The van der Waals surface area contributed by atoms with Crippen LogP contribution in [0.1, 0.15) is 10.4 Å². The molecule has 8 heteroatoms. The minimum atomic E-state index is -3.97. The molecule has 3 aromatic rings. The van der Waals surface area contributed by atoms with Gasteiger partial charge in [0.05, 0.1) is 4.90 Å².